The number of nitro groups is 1. The topological polar surface area (TPSA) is 91.2 Å². The summed E-state index contributed by atoms with van der Waals surface area (Å²) in [6, 6.07) is 14.5. The number of nitro benzene ring substituents is 1. The Morgan fingerprint density at radius 2 is 1.68 bits per heavy atom. The van der Waals surface area contributed by atoms with Gasteiger partial charge in [-0.2, -0.15) is 0 Å². The summed E-state index contributed by atoms with van der Waals surface area (Å²) in [6.07, 6.45) is 3.28. The van der Waals surface area contributed by atoms with Crippen LogP contribution in [0.3, 0.4) is 0 Å². The predicted octanol–water partition coefficient (Wildman–Crippen LogP) is 3.19. The Morgan fingerprint density at radius 3 is 2.35 bits per heavy atom. The highest BCUT2D eigenvalue weighted by molar-refractivity contribution is 7.80. The fourth-order valence-corrected chi connectivity index (χ4v) is 4.62. The third kappa shape index (κ3) is 5.93. The third-order valence-corrected chi connectivity index (χ3v) is 6.50. The van der Waals surface area contributed by atoms with E-state index in [4.69, 9.17) is 17.0 Å². The van der Waals surface area contributed by atoms with Crippen molar-refractivity contribution < 1.29 is 14.5 Å². The van der Waals surface area contributed by atoms with Crippen molar-refractivity contribution in [2.45, 2.75) is 19.3 Å². The molecule has 0 spiro atoms. The van der Waals surface area contributed by atoms with Crippen LogP contribution in [-0.2, 0) is 4.79 Å². The van der Waals surface area contributed by atoms with Crippen molar-refractivity contribution in [3.63, 3.8) is 0 Å². The fraction of sp³-hybridized carbons (Fsp3) is 0.417. The van der Waals surface area contributed by atoms with Gasteiger partial charge in [-0.3, -0.25) is 14.9 Å². The summed E-state index contributed by atoms with van der Waals surface area (Å²) in [7, 11) is 0. The van der Waals surface area contributed by atoms with Crippen molar-refractivity contribution in [3.05, 3.63) is 58.6 Å². The Kier molecular flexibility index (Phi) is 7.79. The number of carbonyl (C=O) groups excluding carboxylic acids is 1. The van der Waals surface area contributed by atoms with E-state index >= 15 is 0 Å². The molecular weight excluding hydrogens is 454 g/mol. The van der Waals surface area contributed by atoms with Gasteiger partial charge >= 0.3 is 0 Å². The van der Waals surface area contributed by atoms with Crippen LogP contribution in [0.1, 0.15) is 19.3 Å². The van der Waals surface area contributed by atoms with E-state index in [0.717, 1.165) is 31.6 Å². The van der Waals surface area contributed by atoms with E-state index in [0.29, 0.717) is 42.7 Å². The largest absolute Gasteiger partial charge is 0.484 e. The van der Waals surface area contributed by atoms with Gasteiger partial charge in [-0.15, -0.1) is 0 Å². The van der Waals surface area contributed by atoms with Crippen LogP contribution in [-0.4, -0.2) is 66.7 Å². The Bertz CT molecular complexity index is 1020. The SMILES string of the molecule is O=C(COc1ccccc1)NC(=S)N1CCN(c2ccc([N+](=O)[O-])c(N3CCCCC3)c2)CC1. The molecular formula is C24H29N5O4S. The molecule has 0 unspecified atom stereocenters. The minimum absolute atomic E-state index is 0.105. The average molecular weight is 484 g/mol. The lowest BCUT2D eigenvalue weighted by Gasteiger charge is -2.37. The third-order valence-electron chi connectivity index (χ3n) is 6.14. The number of piperidine rings is 1. The second kappa shape index (κ2) is 11.1. The molecule has 2 aromatic rings. The number of benzene rings is 2. The molecule has 0 atom stereocenters. The number of rotatable bonds is 6. The molecule has 1 amide bonds. The Hall–Kier alpha value is -3.40. The van der Waals surface area contributed by atoms with E-state index in [9.17, 15) is 14.9 Å². The zero-order valence-electron chi connectivity index (χ0n) is 19.0. The van der Waals surface area contributed by atoms with Crippen LogP contribution in [0.5, 0.6) is 5.75 Å². The second-order valence-electron chi connectivity index (χ2n) is 8.41. The molecule has 0 radical (unpaired) electrons. The molecule has 2 aromatic carbocycles. The van der Waals surface area contributed by atoms with Gasteiger partial charge in [0.1, 0.15) is 11.4 Å². The average Bonchev–Trinajstić information content (AvgIpc) is 2.88. The maximum atomic E-state index is 12.2. The minimum Gasteiger partial charge on any atom is -0.484 e. The number of ether oxygens (including phenoxy) is 1. The molecule has 34 heavy (non-hydrogen) atoms. The van der Waals surface area contributed by atoms with E-state index in [2.05, 4.69) is 15.1 Å². The van der Waals surface area contributed by atoms with E-state index in [1.54, 1.807) is 18.2 Å². The molecule has 0 bridgehead atoms. The number of nitrogens with zero attached hydrogens (tertiary/aromatic N) is 4. The van der Waals surface area contributed by atoms with Crippen LogP contribution in [0, 0.1) is 10.1 Å². The highest BCUT2D eigenvalue weighted by Gasteiger charge is 2.25. The summed E-state index contributed by atoms with van der Waals surface area (Å²) in [5, 5.41) is 14.7. The summed E-state index contributed by atoms with van der Waals surface area (Å²) in [5.41, 5.74) is 1.83. The first-order valence-corrected chi connectivity index (χ1v) is 12.0. The lowest BCUT2D eigenvalue weighted by Crippen LogP contribution is -2.53. The molecule has 2 fully saturated rings. The van der Waals surface area contributed by atoms with Crippen molar-refractivity contribution in [1.82, 2.24) is 10.2 Å². The maximum absolute atomic E-state index is 12.2. The van der Waals surface area contributed by atoms with Crippen LogP contribution in [0.2, 0.25) is 0 Å². The van der Waals surface area contributed by atoms with Gasteiger partial charge < -0.3 is 24.8 Å². The molecule has 10 heteroatoms. The first-order chi connectivity index (χ1) is 16.5. The Morgan fingerprint density at radius 1 is 0.971 bits per heavy atom. The van der Waals surface area contributed by atoms with Gasteiger partial charge in [0.25, 0.3) is 11.6 Å². The highest BCUT2D eigenvalue weighted by Crippen LogP contribution is 2.34. The summed E-state index contributed by atoms with van der Waals surface area (Å²) < 4.78 is 5.47. The standard InChI is InChI=1S/C24H29N5O4S/c30-23(18-33-20-7-3-1-4-8-20)25-24(34)28-15-13-26(14-16-28)19-9-10-21(29(31)32)22(17-19)27-11-5-2-6-12-27/h1,3-4,7-10,17H,2,5-6,11-16,18H2,(H,25,30,34). The smallest absolute Gasteiger partial charge is 0.292 e. The first-order valence-electron chi connectivity index (χ1n) is 11.6. The van der Waals surface area contributed by atoms with E-state index < -0.39 is 0 Å². The number of para-hydroxylation sites is 1. The summed E-state index contributed by atoms with van der Waals surface area (Å²) in [6.45, 7) is 4.29. The number of carbonyl (C=O) groups is 1. The van der Waals surface area contributed by atoms with Crippen molar-refractivity contribution in [3.8, 4) is 5.75 Å². The van der Waals surface area contributed by atoms with Crippen LogP contribution in [0.4, 0.5) is 17.1 Å². The van der Waals surface area contributed by atoms with Gasteiger partial charge in [0.15, 0.2) is 11.7 Å². The van der Waals surface area contributed by atoms with Crippen LogP contribution < -0.4 is 19.9 Å². The summed E-state index contributed by atoms with van der Waals surface area (Å²) in [4.78, 5) is 29.8. The van der Waals surface area contributed by atoms with Gasteiger partial charge in [-0.1, -0.05) is 18.2 Å². The molecule has 2 heterocycles. The lowest BCUT2D eigenvalue weighted by molar-refractivity contribution is -0.384. The Labute approximate surface area is 204 Å². The monoisotopic (exact) mass is 483 g/mol. The Balaban J connectivity index is 1.31. The normalized spacial score (nSPS) is 16.2. The summed E-state index contributed by atoms with van der Waals surface area (Å²) in [5.74, 6) is 0.335. The number of hydrogen-bond donors (Lipinski definition) is 1. The van der Waals surface area contributed by atoms with Gasteiger partial charge in [-0.05, 0) is 55.7 Å². The number of hydrogen-bond acceptors (Lipinski definition) is 7. The number of thiocarbonyl (C=S) groups is 1. The molecule has 2 aliphatic rings. The summed E-state index contributed by atoms with van der Waals surface area (Å²) >= 11 is 5.43. The molecule has 9 nitrogen and oxygen atoms in total. The van der Waals surface area contributed by atoms with Gasteiger partial charge in [0.05, 0.1) is 4.92 Å². The molecule has 1 N–H and O–H groups in total. The highest BCUT2D eigenvalue weighted by atomic mass is 32.1. The van der Waals surface area contributed by atoms with Crippen molar-refractivity contribution in [2.75, 3.05) is 55.7 Å². The minimum atomic E-state index is -0.297. The van der Waals surface area contributed by atoms with E-state index in [1.807, 2.05) is 35.2 Å². The van der Waals surface area contributed by atoms with Gasteiger partial charge in [0.2, 0.25) is 0 Å². The van der Waals surface area contributed by atoms with E-state index in [1.165, 1.54) is 6.42 Å². The van der Waals surface area contributed by atoms with Crippen molar-refractivity contribution in [2.24, 2.45) is 0 Å². The number of amides is 1. The lowest BCUT2D eigenvalue weighted by atomic mass is 10.1. The number of piperazine rings is 1. The predicted molar refractivity (Wildman–Crippen MR) is 136 cm³/mol. The molecule has 2 saturated heterocycles. The molecule has 0 saturated carbocycles. The van der Waals surface area contributed by atoms with Crippen LogP contribution in [0.25, 0.3) is 0 Å². The van der Waals surface area contributed by atoms with Gasteiger partial charge in [0, 0.05) is 51.0 Å². The van der Waals surface area contributed by atoms with Crippen molar-refractivity contribution >= 4 is 40.3 Å². The zero-order valence-corrected chi connectivity index (χ0v) is 19.8. The number of nitrogens with one attached hydrogen (secondary N) is 1. The molecule has 0 aliphatic carbocycles. The molecule has 180 valence electrons. The molecule has 4 rings (SSSR count). The quantitative estimate of drug-likeness (QED) is 0.381. The number of anilines is 2. The fourth-order valence-electron chi connectivity index (χ4n) is 4.32. The first kappa shape index (κ1) is 23.7. The van der Waals surface area contributed by atoms with E-state index in [-0.39, 0.29) is 23.1 Å². The molecule has 2 aliphatic heterocycles. The van der Waals surface area contributed by atoms with Gasteiger partial charge in [-0.25, -0.2) is 0 Å². The maximum Gasteiger partial charge on any atom is 0.292 e. The second-order valence-corrected chi connectivity index (χ2v) is 8.79. The molecule has 0 aromatic heterocycles. The van der Waals surface area contributed by atoms with Crippen LogP contribution in [0.15, 0.2) is 48.5 Å². The van der Waals surface area contributed by atoms with Crippen molar-refractivity contribution in [1.29, 1.82) is 0 Å². The zero-order chi connectivity index (χ0) is 23.9. The van der Waals surface area contributed by atoms with Crippen LogP contribution >= 0.6 is 12.2 Å².